The number of esters is 1. The van der Waals surface area contributed by atoms with Crippen LogP contribution in [0.3, 0.4) is 0 Å². The molecule has 0 amide bonds. The van der Waals surface area contributed by atoms with Crippen LogP contribution in [-0.2, 0) is 4.74 Å². The first-order valence-electron chi connectivity index (χ1n) is 4.48. The van der Waals surface area contributed by atoms with Crippen molar-refractivity contribution in [3.63, 3.8) is 0 Å². The van der Waals surface area contributed by atoms with Gasteiger partial charge in [-0.3, -0.25) is 0 Å². The first kappa shape index (κ1) is 12.2. The Bertz CT molecular complexity index is 410. The second kappa shape index (κ2) is 4.73. The Hall–Kier alpha value is -1.92. The number of nitrogen functional groups attached to an aromatic ring is 2. The third-order valence-corrected chi connectivity index (χ3v) is 1.84. The molecule has 1 heterocycles. The highest BCUT2D eigenvalue weighted by Gasteiger charge is 2.19. The van der Waals surface area contributed by atoms with Crippen LogP contribution in [0, 0.1) is 0 Å². The molecule has 0 aliphatic rings. The standard InChI is InChI=1S/C9H11F2N3O2/c1-2-16-9(15)5-3-4(6(10)11)7(12)14-8(5)13/h3,6H,2H2,1H3,(H4,12,13,14). The monoisotopic (exact) mass is 231 g/mol. The molecule has 88 valence electrons. The zero-order chi connectivity index (χ0) is 12.3. The van der Waals surface area contributed by atoms with Gasteiger partial charge in [-0.05, 0) is 13.0 Å². The number of hydrogen-bond acceptors (Lipinski definition) is 5. The summed E-state index contributed by atoms with van der Waals surface area (Å²) in [6.07, 6.45) is -2.82. The summed E-state index contributed by atoms with van der Waals surface area (Å²) in [6.45, 7) is 1.71. The Kier molecular flexibility index (Phi) is 3.60. The van der Waals surface area contributed by atoms with Gasteiger partial charge in [0.2, 0.25) is 0 Å². The van der Waals surface area contributed by atoms with Gasteiger partial charge in [-0.25, -0.2) is 18.6 Å². The fourth-order valence-electron chi connectivity index (χ4n) is 1.11. The number of nitrogens with two attached hydrogens (primary N) is 2. The van der Waals surface area contributed by atoms with Crippen molar-refractivity contribution in [1.82, 2.24) is 4.98 Å². The molecule has 0 spiro atoms. The summed E-state index contributed by atoms with van der Waals surface area (Å²) in [6, 6.07) is 0.903. The van der Waals surface area contributed by atoms with E-state index in [4.69, 9.17) is 11.5 Å². The van der Waals surface area contributed by atoms with Crippen LogP contribution in [0.5, 0.6) is 0 Å². The third-order valence-electron chi connectivity index (χ3n) is 1.84. The van der Waals surface area contributed by atoms with Gasteiger partial charge in [0.25, 0.3) is 6.43 Å². The molecule has 0 radical (unpaired) electrons. The maximum atomic E-state index is 12.5. The van der Waals surface area contributed by atoms with Gasteiger partial charge < -0.3 is 16.2 Å². The Morgan fingerprint density at radius 3 is 2.62 bits per heavy atom. The van der Waals surface area contributed by atoms with E-state index in [0.717, 1.165) is 6.07 Å². The summed E-state index contributed by atoms with van der Waals surface area (Å²) >= 11 is 0. The summed E-state index contributed by atoms with van der Waals surface area (Å²) < 4.78 is 29.6. The molecule has 0 aromatic carbocycles. The van der Waals surface area contributed by atoms with Crippen LogP contribution in [0.4, 0.5) is 20.4 Å². The highest BCUT2D eigenvalue weighted by molar-refractivity contribution is 5.94. The number of rotatable bonds is 3. The van der Waals surface area contributed by atoms with E-state index in [0.29, 0.717) is 0 Å². The minimum Gasteiger partial charge on any atom is -0.462 e. The Morgan fingerprint density at radius 1 is 1.50 bits per heavy atom. The molecule has 0 saturated heterocycles. The van der Waals surface area contributed by atoms with E-state index >= 15 is 0 Å². The number of carbonyl (C=O) groups excluding carboxylic acids is 1. The number of alkyl halides is 2. The predicted octanol–water partition coefficient (Wildman–Crippen LogP) is 1.36. The summed E-state index contributed by atoms with van der Waals surface area (Å²) in [5, 5.41) is 0. The number of halogens is 2. The van der Waals surface area contributed by atoms with Crippen LogP contribution in [-0.4, -0.2) is 17.6 Å². The lowest BCUT2D eigenvalue weighted by Gasteiger charge is -2.09. The van der Waals surface area contributed by atoms with Gasteiger partial charge in [-0.2, -0.15) is 0 Å². The van der Waals surface area contributed by atoms with E-state index in [1.807, 2.05) is 0 Å². The number of aromatic nitrogens is 1. The number of ether oxygens (including phenoxy) is 1. The molecule has 1 aromatic rings. The molecule has 0 bridgehead atoms. The maximum Gasteiger partial charge on any atom is 0.341 e. The number of hydrogen-bond donors (Lipinski definition) is 2. The maximum absolute atomic E-state index is 12.5. The fraction of sp³-hybridized carbons (Fsp3) is 0.333. The van der Waals surface area contributed by atoms with Crippen LogP contribution >= 0.6 is 0 Å². The molecule has 0 aliphatic heterocycles. The smallest absolute Gasteiger partial charge is 0.341 e. The van der Waals surface area contributed by atoms with Crippen molar-refractivity contribution >= 4 is 17.6 Å². The lowest BCUT2D eigenvalue weighted by molar-refractivity contribution is 0.0527. The van der Waals surface area contributed by atoms with Crippen LogP contribution in [0.15, 0.2) is 6.07 Å². The van der Waals surface area contributed by atoms with Gasteiger partial charge in [-0.15, -0.1) is 0 Å². The second-order valence-corrected chi connectivity index (χ2v) is 2.92. The summed E-state index contributed by atoms with van der Waals surface area (Å²) in [4.78, 5) is 14.8. The summed E-state index contributed by atoms with van der Waals surface area (Å²) in [5.41, 5.74) is 9.89. The minimum atomic E-state index is -2.82. The van der Waals surface area contributed by atoms with Crippen molar-refractivity contribution in [3.8, 4) is 0 Å². The van der Waals surface area contributed by atoms with Crippen molar-refractivity contribution in [3.05, 3.63) is 17.2 Å². The summed E-state index contributed by atoms with van der Waals surface area (Å²) in [5.74, 6) is -1.41. The molecular formula is C9H11F2N3O2. The molecule has 1 rings (SSSR count). The SMILES string of the molecule is CCOC(=O)c1cc(C(F)F)c(N)nc1N. The van der Waals surface area contributed by atoms with E-state index in [2.05, 4.69) is 9.72 Å². The van der Waals surface area contributed by atoms with E-state index in [1.54, 1.807) is 6.92 Å². The van der Waals surface area contributed by atoms with Gasteiger partial charge in [0.05, 0.1) is 12.2 Å². The van der Waals surface area contributed by atoms with Gasteiger partial charge in [-0.1, -0.05) is 0 Å². The molecule has 0 aliphatic carbocycles. The average Bonchev–Trinajstić information content (AvgIpc) is 2.17. The van der Waals surface area contributed by atoms with E-state index in [-0.39, 0.29) is 23.8 Å². The van der Waals surface area contributed by atoms with Gasteiger partial charge in [0.15, 0.2) is 0 Å². The van der Waals surface area contributed by atoms with Crippen LogP contribution < -0.4 is 11.5 Å². The van der Waals surface area contributed by atoms with Gasteiger partial charge in [0, 0.05) is 0 Å². The highest BCUT2D eigenvalue weighted by atomic mass is 19.3. The van der Waals surface area contributed by atoms with E-state index in [1.165, 1.54) is 0 Å². The number of pyridine rings is 1. The average molecular weight is 231 g/mol. The quantitative estimate of drug-likeness (QED) is 0.766. The molecule has 0 unspecified atom stereocenters. The van der Waals surface area contributed by atoms with Crippen LogP contribution in [0.2, 0.25) is 0 Å². The molecule has 0 saturated carbocycles. The zero-order valence-corrected chi connectivity index (χ0v) is 8.54. The van der Waals surface area contributed by atoms with Crippen molar-refractivity contribution in [2.24, 2.45) is 0 Å². The van der Waals surface area contributed by atoms with Crippen molar-refractivity contribution in [2.45, 2.75) is 13.3 Å². The lowest BCUT2D eigenvalue weighted by Crippen LogP contribution is -2.12. The van der Waals surface area contributed by atoms with Crippen molar-refractivity contribution < 1.29 is 18.3 Å². The fourth-order valence-corrected chi connectivity index (χ4v) is 1.11. The highest BCUT2D eigenvalue weighted by Crippen LogP contribution is 2.27. The first-order chi connectivity index (χ1) is 7.47. The lowest BCUT2D eigenvalue weighted by atomic mass is 10.1. The van der Waals surface area contributed by atoms with Crippen LogP contribution in [0.1, 0.15) is 29.3 Å². The molecule has 5 nitrogen and oxygen atoms in total. The second-order valence-electron chi connectivity index (χ2n) is 2.92. The minimum absolute atomic E-state index is 0.118. The number of nitrogens with zero attached hydrogens (tertiary/aromatic N) is 1. The molecule has 4 N–H and O–H groups in total. The molecular weight excluding hydrogens is 220 g/mol. The zero-order valence-electron chi connectivity index (χ0n) is 8.54. The topological polar surface area (TPSA) is 91.2 Å². The third kappa shape index (κ3) is 2.36. The molecule has 16 heavy (non-hydrogen) atoms. The van der Waals surface area contributed by atoms with Gasteiger partial charge >= 0.3 is 5.97 Å². The van der Waals surface area contributed by atoms with E-state index in [9.17, 15) is 13.6 Å². The van der Waals surface area contributed by atoms with Crippen molar-refractivity contribution in [2.75, 3.05) is 18.1 Å². The Balaban J connectivity index is 3.19. The molecule has 0 atom stereocenters. The summed E-state index contributed by atoms with van der Waals surface area (Å²) in [7, 11) is 0. The number of anilines is 2. The largest absolute Gasteiger partial charge is 0.462 e. The first-order valence-corrected chi connectivity index (χ1v) is 4.48. The number of carbonyl (C=O) groups is 1. The van der Waals surface area contributed by atoms with Gasteiger partial charge in [0.1, 0.15) is 17.2 Å². The Labute approximate surface area is 90.4 Å². The normalized spacial score (nSPS) is 10.5. The molecule has 0 fully saturated rings. The predicted molar refractivity (Wildman–Crippen MR) is 54.0 cm³/mol. The molecule has 7 heteroatoms. The Morgan fingerprint density at radius 2 is 2.12 bits per heavy atom. The molecule has 1 aromatic heterocycles. The van der Waals surface area contributed by atoms with Crippen LogP contribution in [0.25, 0.3) is 0 Å². The van der Waals surface area contributed by atoms with E-state index < -0.39 is 18.0 Å². The van der Waals surface area contributed by atoms with Crippen molar-refractivity contribution in [1.29, 1.82) is 0 Å².